The van der Waals surface area contributed by atoms with Crippen LogP contribution in [-0.4, -0.2) is 28.6 Å². The molecule has 22 heavy (non-hydrogen) atoms. The van der Waals surface area contributed by atoms with E-state index in [4.69, 9.17) is 4.74 Å². The summed E-state index contributed by atoms with van der Waals surface area (Å²) in [6.07, 6.45) is 6.33. The predicted octanol–water partition coefficient (Wildman–Crippen LogP) is 2.39. The first-order chi connectivity index (χ1) is 10.4. The lowest BCUT2D eigenvalue weighted by molar-refractivity contribution is -0.209. The highest BCUT2D eigenvalue weighted by molar-refractivity contribution is 5.84. The zero-order valence-electron chi connectivity index (χ0n) is 13.4. The van der Waals surface area contributed by atoms with Gasteiger partial charge in [0.15, 0.2) is 0 Å². The number of rotatable bonds is 0. The third kappa shape index (κ3) is 1.68. The first-order valence-electron chi connectivity index (χ1n) is 8.65. The van der Waals surface area contributed by atoms with Crippen LogP contribution in [0.3, 0.4) is 0 Å². The van der Waals surface area contributed by atoms with Gasteiger partial charge < -0.3 is 14.9 Å². The van der Waals surface area contributed by atoms with Crippen molar-refractivity contribution in [1.29, 1.82) is 0 Å². The van der Waals surface area contributed by atoms with E-state index in [2.05, 4.69) is 13.8 Å². The Kier molecular flexibility index (Phi) is 3.06. The molecular weight excluding hydrogens is 280 g/mol. The molecule has 0 amide bonds. The molecule has 0 saturated heterocycles. The average molecular weight is 306 g/mol. The van der Waals surface area contributed by atoms with Crippen molar-refractivity contribution in [2.45, 2.75) is 64.8 Å². The molecule has 4 rings (SSSR count). The molecule has 0 aromatic carbocycles. The molecule has 122 valence electrons. The molecule has 4 heteroatoms. The second-order valence-electron chi connectivity index (χ2n) is 8.29. The van der Waals surface area contributed by atoms with E-state index >= 15 is 0 Å². The van der Waals surface area contributed by atoms with Crippen LogP contribution in [0.25, 0.3) is 0 Å². The molecule has 0 radical (unpaired) electrons. The maximum Gasteiger partial charge on any atom is 0.333 e. The van der Waals surface area contributed by atoms with E-state index in [0.29, 0.717) is 17.8 Å². The number of cyclic esters (lactones) is 1. The fraction of sp³-hybridized carbons (Fsp3) is 0.833. The van der Waals surface area contributed by atoms with Crippen molar-refractivity contribution in [3.8, 4) is 0 Å². The fourth-order valence-electron chi connectivity index (χ4n) is 6.21. The van der Waals surface area contributed by atoms with Crippen LogP contribution in [-0.2, 0) is 9.53 Å². The molecule has 4 aliphatic rings. The van der Waals surface area contributed by atoms with Gasteiger partial charge in [-0.2, -0.15) is 0 Å². The number of hydrogen-bond donors (Lipinski definition) is 2. The van der Waals surface area contributed by atoms with Gasteiger partial charge in [-0.3, -0.25) is 0 Å². The van der Waals surface area contributed by atoms with Crippen molar-refractivity contribution in [1.82, 2.24) is 0 Å². The van der Waals surface area contributed by atoms with Gasteiger partial charge in [-0.05, 0) is 68.6 Å². The Morgan fingerprint density at radius 1 is 1.14 bits per heavy atom. The molecular formula is C18H26O4. The molecule has 0 aromatic heterocycles. The zero-order valence-corrected chi connectivity index (χ0v) is 13.4. The molecule has 1 aliphatic heterocycles. The molecule has 2 N–H and O–H groups in total. The Morgan fingerprint density at radius 3 is 2.68 bits per heavy atom. The molecule has 0 unspecified atom stereocenters. The van der Waals surface area contributed by atoms with E-state index in [1.807, 2.05) is 0 Å². The van der Waals surface area contributed by atoms with Crippen LogP contribution in [0, 0.1) is 28.6 Å². The minimum atomic E-state index is -1.02. The Morgan fingerprint density at radius 2 is 1.91 bits per heavy atom. The minimum absolute atomic E-state index is 0.0367. The first-order valence-corrected chi connectivity index (χ1v) is 8.65. The maximum atomic E-state index is 11.6. The standard InChI is InChI=1S/C18H26O4/c1-17-8-7-13-11(12(17)5-6-14(17)19)4-3-10-9-15(20)22-16(21)18(10,13)2/h9,11-14,16,19,21H,3-8H2,1-2H3/t11-,12-,13-,14-,16-,17-,18-/m0/s1. The number of carbonyl (C=O) groups is 1. The minimum Gasteiger partial charge on any atom is -0.432 e. The molecule has 1 heterocycles. The lowest BCUT2D eigenvalue weighted by atomic mass is 9.48. The van der Waals surface area contributed by atoms with Crippen LogP contribution in [0.1, 0.15) is 52.4 Å². The molecule has 0 bridgehead atoms. The van der Waals surface area contributed by atoms with Gasteiger partial charge in [0.1, 0.15) is 0 Å². The van der Waals surface area contributed by atoms with Crippen molar-refractivity contribution in [2.24, 2.45) is 28.6 Å². The highest BCUT2D eigenvalue weighted by Crippen LogP contribution is 2.64. The maximum absolute atomic E-state index is 11.6. The van der Waals surface area contributed by atoms with Crippen LogP contribution < -0.4 is 0 Å². The van der Waals surface area contributed by atoms with Gasteiger partial charge in [-0.1, -0.05) is 12.5 Å². The third-order valence-electron chi connectivity index (χ3n) is 7.63. The van der Waals surface area contributed by atoms with E-state index in [0.717, 1.165) is 44.1 Å². The number of ether oxygens (including phenoxy) is 1. The highest BCUT2D eigenvalue weighted by Gasteiger charge is 2.61. The largest absolute Gasteiger partial charge is 0.432 e. The first kappa shape index (κ1) is 14.7. The predicted molar refractivity (Wildman–Crippen MR) is 80.6 cm³/mol. The van der Waals surface area contributed by atoms with Crippen molar-refractivity contribution >= 4 is 5.97 Å². The van der Waals surface area contributed by atoms with Crippen LogP contribution >= 0.6 is 0 Å². The van der Waals surface area contributed by atoms with E-state index in [1.54, 1.807) is 6.08 Å². The highest BCUT2D eigenvalue weighted by atomic mass is 16.6. The summed E-state index contributed by atoms with van der Waals surface area (Å²) in [5, 5.41) is 20.9. The summed E-state index contributed by atoms with van der Waals surface area (Å²) >= 11 is 0. The molecule has 3 fully saturated rings. The van der Waals surface area contributed by atoms with Gasteiger partial charge in [0.25, 0.3) is 0 Å². The molecule has 7 atom stereocenters. The van der Waals surface area contributed by atoms with Crippen molar-refractivity contribution < 1.29 is 19.7 Å². The topological polar surface area (TPSA) is 66.8 Å². The van der Waals surface area contributed by atoms with Gasteiger partial charge in [-0.15, -0.1) is 0 Å². The Hall–Kier alpha value is -0.870. The fourth-order valence-corrected chi connectivity index (χ4v) is 6.21. The van der Waals surface area contributed by atoms with E-state index in [1.165, 1.54) is 0 Å². The number of hydrogen-bond acceptors (Lipinski definition) is 4. The Labute approximate surface area is 131 Å². The summed E-state index contributed by atoms with van der Waals surface area (Å²) in [6, 6.07) is 0. The number of esters is 1. The number of aliphatic hydroxyl groups excluding tert-OH is 2. The lowest BCUT2D eigenvalue weighted by Crippen LogP contribution is -2.56. The van der Waals surface area contributed by atoms with Gasteiger partial charge in [-0.25, -0.2) is 4.79 Å². The van der Waals surface area contributed by atoms with Crippen molar-refractivity contribution in [3.05, 3.63) is 11.6 Å². The van der Waals surface area contributed by atoms with Gasteiger partial charge in [0.2, 0.25) is 6.29 Å². The number of carbonyl (C=O) groups excluding carboxylic acids is 1. The van der Waals surface area contributed by atoms with Crippen molar-refractivity contribution in [2.75, 3.05) is 0 Å². The molecule has 0 spiro atoms. The Balaban J connectivity index is 1.72. The van der Waals surface area contributed by atoms with E-state index in [-0.39, 0.29) is 11.5 Å². The second-order valence-corrected chi connectivity index (χ2v) is 8.29. The smallest absolute Gasteiger partial charge is 0.333 e. The molecule has 4 nitrogen and oxygen atoms in total. The van der Waals surface area contributed by atoms with Crippen LogP contribution in [0.5, 0.6) is 0 Å². The summed E-state index contributed by atoms with van der Waals surface area (Å²) in [5.41, 5.74) is 0.667. The van der Waals surface area contributed by atoms with Crippen molar-refractivity contribution in [3.63, 3.8) is 0 Å². The summed E-state index contributed by atoms with van der Waals surface area (Å²) in [7, 11) is 0. The zero-order chi connectivity index (χ0) is 15.7. The summed E-state index contributed by atoms with van der Waals surface area (Å²) in [4.78, 5) is 11.6. The summed E-state index contributed by atoms with van der Waals surface area (Å²) in [6.45, 7) is 4.32. The van der Waals surface area contributed by atoms with Gasteiger partial charge in [0, 0.05) is 6.08 Å². The van der Waals surface area contributed by atoms with Crippen LogP contribution in [0.2, 0.25) is 0 Å². The quantitative estimate of drug-likeness (QED) is 0.674. The van der Waals surface area contributed by atoms with Gasteiger partial charge in [0.05, 0.1) is 11.5 Å². The molecule has 0 aromatic rings. The monoisotopic (exact) mass is 306 g/mol. The lowest BCUT2D eigenvalue weighted by Gasteiger charge is -2.58. The molecule has 3 saturated carbocycles. The average Bonchev–Trinajstić information content (AvgIpc) is 2.77. The molecule has 3 aliphatic carbocycles. The number of aliphatic hydroxyl groups is 2. The second kappa shape index (κ2) is 4.57. The van der Waals surface area contributed by atoms with Gasteiger partial charge >= 0.3 is 5.97 Å². The SMILES string of the molecule is C[C@]12CC[C@H]3[C@@H](CCC4=CC(=O)O[C@H](O)[C@@]43C)[C@@H]1CC[C@@H]2O. The Bertz CT molecular complexity index is 541. The van der Waals surface area contributed by atoms with E-state index in [9.17, 15) is 15.0 Å². The normalized spacial score (nSPS) is 53.9. The van der Waals surface area contributed by atoms with E-state index < -0.39 is 17.7 Å². The number of fused-ring (bicyclic) bond motifs is 5. The summed E-state index contributed by atoms with van der Waals surface area (Å²) < 4.78 is 5.16. The van der Waals surface area contributed by atoms with Crippen LogP contribution in [0.4, 0.5) is 0 Å². The van der Waals surface area contributed by atoms with Crippen LogP contribution in [0.15, 0.2) is 11.6 Å². The third-order valence-corrected chi connectivity index (χ3v) is 7.63. The summed E-state index contributed by atoms with van der Waals surface area (Å²) in [5.74, 6) is 0.989.